The van der Waals surface area contributed by atoms with E-state index in [0.717, 1.165) is 0 Å². The van der Waals surface area contributed by atoms with Crippen LogP contribution in [0.3, 0.4) is 0 Å². The van der Waals surface area contributed by atoms with E-state index < -0.39 is 4.92 Å². The van der Waals surface area contributed by atoms with Crippen LogP contribution in [0.25, 0.3) is 0 Å². The van der Waals surface area contributed by atoms with Gasteiger partial charge in [-0.15, -0.1) is 5.11 Å². The number of para-hydroxylation sites is 1. The first-order chi connectivity index (χ1) is 9.49. The average molecular weight is 271 g/mol. The van der Waals surface area contributed by atoms with E-state index in [9.17, 15) is 15.2 Å². The van der Waals surface area contributed by atoms with E-state index >= 15 is 0 Å². The maximum absolute atomic E-state index is 10.9. The van der Waals surface area contributed by atoms with Gasteiger partial charge in [0, 0.05) is 6.07 Å². The Labute approximate surface area is 115 Å². The minimum Gasteiger partial charge on any atom is -0.507 e. The largest absolute Gasteiger partial charge is 0.507 e. The number of nitrogens with zero attached hydrogens (tertiary/aromatic N) is 3. The van der Waals surface area contributed by atoms with Gasteiger partial charge in [-0.2, -0.15) is 5.11 Å². The van der Waals surface area contributed by atoms with Crippen LogP contribution in [-0.4, -0.2) is 10.0 Å². The van der Waals surface area contributed by atoms with Gasteiger partial charge < -0.3 is 5.11 Å². The summed E-state index contributed by atoms with van der Waals surface area (Å²) < 4.78 is 0. The molecule has 0 aromatic heterocycles. The van der Waals surface area contributed by atoms with E-state index in [2.05, 4.69) is 10.2 Å². The number of aryl methyl sites for hydroxylation is 2. The van der Waals surface area contributed by atoms with E-state index in [-0.39, 0.29) is 17.1 Å². The lowest BCUT2D eigenvalue weighted by atomic mass is 10.1. The van der Waals surface area contributed by atoms with Crippen molar-refractivity contribution in [2.24, 2.45) is 10.2 Å². The smallest absolute Gasteiger partial charge is 0.296 e. The second-order valence-corrected chi connectivity index (χ2v) is 4.37. The van der Waals surface area contributed by atoms with Gasteiger partial charge in [0.05, 0.1) is 10.6 Å². The topological polar surface area (TPSA) is 88.1 Å². The molecular weight excluding hydrogens is 258 g/mol. The monoisotopic (exact) mass is 271 g/mol. The number of hydrogen-bond donors (Lipinski definition) is 1. The lowest BCUT2D eigenvalue weighted by Gasteiger charge is -2.03. The summed E-state index contributed by atoms with van der Waals surface area (Å²) in [5.41, 5.74) is 2.00. The molecule has 0 atom stereocenters. The van der Waals surface area contributed by atoms with Crippen molar-refractivity contribution in [3.63, 3.8) is 0 Å². The third-order valence-corrected chi connectivity index (χ3v) is 2.83. The molecule has 0 aliphatic rings. The molecule has 2 rings (SSSR count). The first-order valence-corrected chi connectivity index (χ1v) is 5.94. The number of benzene rings is 2. The molecule has 0 bridgehead atoms. The zero-order valence-corrected chi connectivity index (χ0v) is 11.1. The third kappa shape index (κ3) is 2.80. The molecule has 6 heteroatoms. The summed E-state index contributed by atoms with van der Waals surface area (Å²) in [6, 6.07) is 9.48. The maximum atomic E-state index is 10.9. The van der Waals surface area contributed by atoms with Crippen LogP contribution in [0.5, 0.6) is 5.75 Å². The van der Waals surface area contributed by atoms with Crippen molar-refractivity contribution in [1.29, 1.82) is 0 Å². The SMILES string of the molecule is Cc1cc(N=Nc2ccccc2[N+](=O)[O-])cc(C)c1O. The summed E-state index contributed by atoms with van der Waals surface area (Å²) in [4.78, 5) is 10.4. The molecule has 0 spiro atoms. The van der Waals surface area contributed by atoms with Gasteiger partial charge in [0.25, 0.3) is 5.69 Å². The summed E-state index contributed by atoms with van der Waals surface area (Å²) in [7, 11) is 0. The molecule has 0 amide bonds. The van der Waals surface area contributed by atoms with Gasteiger partial charge in [-0.3, -0.25) is 10.1 Å². The van der Waals surface area contributed by atoms with Crippen LogP contribution in [0.4, 0.5) is 17.1 Å². The van der Waals surface area contributed by atoms with E-state index in [4.69, 9.17) is 0 Å². The van der Waals surface area contributed by atoms with Gasteiger partial charge in [-0.1, -0.05) is 12.1 Å². The van der Waals surface area contributed by atoms with Crippen LogP contribution in [0, 0.1) is 24.0 Å². The fraction of sp³-hybridized carbons (Fsp3) is 0.143. The number of aromatic hydroxyl groups is 1. The Morgan fingerprint density at radius 2 is 1.70 bits per heavy atom. The van der Waals surface area contributed by atoms with Crippen molar-refractivity contribution in [2.75, 3.05) is 0 Å². The predicted molar refractivity (Wildman–Crippen MR) is 74.9 cm³/mol. The van der Waals surface area contributed by atoms with Gasteiger partial charge in [-0.05, 0) is 43.2 Å². The minimum atomic E-state index is -0.498. The zero-order valence-electron chi connectivity index (χ0n) is 11.1. The highest BCUT2D eigenvalue weighted by molar-refractivity contribution is 5.57. The molecule has 0 saturated heterocycles. The third-order valence-electron chi connectivity index (χ3n) is 2.83. The Balaban J connectivity index is 2.37. The Morgan fingerprint density at radius 1 is 1.10 bits per heavy atom. The number of rotatable bonds is 3. The van der Waals surface area contributed by atoms with E-state index in [0.29, 0.717) is 16.8 Å². The molecule has 1 N–H and O–H groups in total. The second-order valence-electron chi connectivity index (χ2n) is 4.37. The first-order valence-electron chi connectivity index (χ1n) is 5.94. The van der Waals surface area contributed by atoms with Crippen molar-refractivity contribution in [1.82, 2.24) is 0 Å². The standard InChI is InChI=1S/C14H13N3O3/c1-9-7-11(8-10(2)14(9)18)15-16-12-5-3-4-6-13(12)17(19)20/h3-8,18H,1-2H3. The van der Waals surface area contributed by atoms with Crippen LogP contribution < -0.4 is 0 Å². The summed E-state index contributed by atoms with van der Waals surface area (Å²) in [6.45, 7) is 3.51. The van der Waals surface area contributed by atoms with Gasteiger partial charge in [0.15, 0.2) is 5.69 Å². The molecule has 20 heavy (non-hydrogen) atoms. The van der Waals surface area contributed by atoms with Gasteiger partial charge in [0.1, 0.15) is 5.75 Å². The average Bonchev–Trinajstić information content (AvgIpc) is 2.42. The van der Waals surface area contributed by atoms with Crippen LogP contribution >= 0.6 is 0 Å². The second kappa shape index (κ2) is 5.48. The fourth-order valence-corrected chi connectivity index (χ4v) is 1.81. The zero-order chi connectivity index (χ0) is 14.7. The molecule has 0 unspecified atom stereocenters. The lowest BCUT2D eigenvalue weighted by Crippen LogP contribution is -1.87. The Morgan fingerprint density at radius 3 is 2.30 bits per heavy atom. The van der Waals surface area contributed by atoms with E-state index in [1.807, 2.05) is 0 Å². The van der Waals surface area contributed by atoms with Crippen molar-refractivity contribution < 1.29 is 10.0 Å². The Kier molecular flexibility index (Phi) is 3.74. The highest BCUT2D eigenvalue weighted by atomic mass is 16.6. The van der Waals surface area contributed by atoms with Crippen molar-refractivity contribution >= 4 is 17.1 Å². The molecule has 0 saturated carbocycles. The number of phenolic OH excluding ortho intramolecular Hbond substituents is 1. The summed E-state index contributed by atoms with van der Waals surface area (Å²) in [5.74, 6) is 0.217. The normalized spacial score (nSPS) is 10.9. The summed E-state index contributed by atoms with van der Waals surface area (Å²) in [6.07, 6.45) is 0. The van der Waals surface area contributed by atoms with Gasteiger partial charge in [-0.25, -0.2) is 0 Å². The number of nitro groups is 1. The molecule has 0 heterocycles. The number of azo groups is 1. The minimum absolute atomic E-state index is 0.0940. The number of phenols is 1. The molecule has 0 radical (unpaired) electrons. The maximum Gasteiger partial charge on any atom is 0.296 e. The summed E-state index contributed by atoms with van der Waals surface area (Å²) >= 11 is 0. The van der Waals surface area contributed by atoms with E-state index in [1.165, 1.54) is 12.1 Å². The fourth-order valence-electron chi connectivity index (χ4n) is 1.81. The molecule has 102 valence electrons. The predicted octanol–water partition coefficient (Wildman–Crippen LogP) is 4.33. The van der Waals surface area contributed by atoms with Crippen molar-refractivity contribution in [2.45, 2.75) is 13.8 Å². The number of nitro benzene ring substituents is 1. The summed E-state index contributed by atoms with van der Waals surface area (Å²) in [5, 5.41) is 28.4. The van der Waals surface area contributed by atoms with E-state index in [1.54, 1.807) is 38.1 Å². The first kappa shape index (κ1) is 13.7. The highest BCUT2D eigenvalue weighted by Crippen LogP contribution is 2.31. The lowest BCUT2D eigenvalue weighted by molar-refractivity contribution is -0.384. The van der Waals surface area contributed by atoms with Crippen LogP contribution in [0.2, 0.25) is 0 Å². The van der Waals surface area contributed by atoms with Gasteiger partial charge in [0.2, 0.25) is 0 Å². The molecule has 0 aliphatic heterocycles. The molecule has 2 aromatic carbocycles. The highest BCUT2D eigenvalue weighted by Gasteiger charge is 2.11. The molecule has 6 nitrogen and oxygen atoms in total. The quantitative estimate of drug-likeness (QED) is 0.511. The Bertz CT molecular complexity index is 673. The van der Waals surface area contributed by atoms with Crippen molar-refractivity contribution in [3.05, 3.63) is 57.6 Å². The van der Waals surface area contributed by atoms with Crippen LogP contribution in [0.1, 0.15) is 11.1 Å². The van der Waals surface area contributed by atoms with Crippen LogP contribution in [-0.2, 0) is 0 Å². The molecule has 2 aromatic rings. The van der Waals surface area contributed by atoms with Crippen LogP contribution in [0.15, 0.2) is 46.6 Å². The number of hydrogen-bond acceptors (Lipinski definition) is 5. The molecule has 0 aliphatic carbocycles. The molecule has 0 fully saturated rings. The van der Waals surface area contributed by atoms with Crippen molar-refractivity contribution in [3.8, 4) is 5.75 Å². The molecular formula is C14H13N3O3. The van der Waals surface area contributed by atoms with Gasteiger partial charge >= 0.3 is 0 Å². The Hall–Kier alpha value is -2.76.